The lowest BCUT2D eigenvalue weighted by molar-refractivity contribution is 0.101. The maximum Gasteiger partial charge on any atom is 0.160 e. The van der Waals surface area contributed by atoms with E-state index in [1.165, 1.54) is 0 Å². The average Bonchev–Trinajstić information content (AvgIpc) is 2.17. The van der Waals surface area contributed by atoms with Gasteiger partial charge in [0.05, 0.1) is 0 Å². The van der Waals surface area contributed by atoms with E-state index in [1.54, 1.807) is 6.92 Å². The van der Waals surface area contributed by atoms with Gasteiger partial charge in [-0.1, -0.05) is 6.08 Å². The number of halogens is 1. The maximum absolute atomic E-state index is 11.2. The second kappa shape index (κ2) is 5.12. The van der Waals surface area contributed by atoms with Crippen LogP contribution in [0.3, 0.4) is 0 Å². The van der Waals surface area contributed by atoms with E-state index in [0.717, 1.165) is 16.7 Å². The highest BCUT2D eigenvalue weighted by molar-refractivity contribution is 9.10. The first-order valence-corrected chi connectivity index (χ1v) is 5.48. The largest absolute Gasteiger partial charge is 0.371 e. The molecule has 1 aromatic carbocycles. The number of nitrogens with zero attached hydrogens (tertiary/aromatic N) is 1. The number of hydrogen-bond acceptors (Lipinski definition) is 2. The van der Waals surface area contributed by atoms with Crippen molar-refractivity contribution in [3.05, 3.63) is 40.9 Å². The molecule has 0 aliphatic heterocycles. The Balaban J connectivity index is 3.00. The Hall–Kier alpha value is -1.09. The van der Waals surface area contributed by atoms with E-state index in [2.05, 4.69) is 27.4 Å². The molecule has 0 spiro atoms. The Morgan fingerprint density at radius 3 is 2.73 bits per heavy atom. The van der Waals surface area contributed by atoms with Crippen LogP contribution in [0.5, 0.6) is 0 Å². The van der Waals surface area contributed by atoms with Gasteiger partial charge >= 0.3 is 0 Å². The minimum atomic E-state index is 0.0693. The molecule has 15 heavy (non-hydrogen) atoms. The van der Waals surface area contributed by atoms with Crippen molar-refractivity contribution in [2.75, 3.05) is 18.5 Å². The standard InChI is InChI=1S/C12H14BrNO/c1-4-7-14(3)10-5-6-11(9(2)15)12(13)8-10/h4-6,8H,1,7H2,2-3H3. The normalized spacial score (nSPS) is 9.80. The number of likely N-dealkylation sites (N-methyl/N-ethyl adjacent to an activating group) is 1. The Bertz CT molecular complexity index is 387. The molecule has 0 atom stereocenters. The van der Waals surface area contributed by atoms with Gasteiger partial charge in [0.2, 0.25) is 0 Å². The molecule has 0 radical (unpaired) electrons. The van der Waals surface area contributed by atoms with Crippen molar-refractivity contribution >= 4 is 27.4 Å². The second-order valence-corrected chi connectivity index (χ2v) is 4.24. The fraction of sp³-hybridized carbons (Fsp3) is 0.250. The molecule has 0 amide bonds. The molecule has 0 heterocycles. The van der Waals surface area contributed by atoms with E-state index in [0.29, 0.717) is 5.56 Å². The molecule has 3 heteroatoms. The molecule has 0 aromatic heterocycles. The molecule has 0 aliphatic carbocycles. The fourth-order valence-electron chi connectivity index (χ4n) is 1.33. The number of hydrogen-bond donors (Lipinski definition) is 0. The number of rotatable bonds is 4. The van der Waals surface area contributed by atoms with Crippen LogP contribution < -0.4 is 4.90 Å². The molecular weight excluding hydrogens is 254 g/mol. The highest BCUT2D eigenvalue weighted by Crippen LogP contribution is 2.23. The zero-order valence-electron chi connectivity index (χ0n) is 8.96. The van der Waals surface area contributed by atoms with Crippen LogP contribution in [0.1, 0.15) is 17.3 Å². The highest BCUT2D eigenvalue weighted by atomic mass is 79.9. The molecule has 0 N–H and O–H groups in total. The lowest BCUT2D eigenvalue weighted by Crippen LogP contribution is -2.16. The summed E-state index contributed by atoms with van der Waals surface area (Å²) >= 11 is 3.39. The molecule has 0 saturated carbocycles. The van der Waals surface area contributed by atoms with Crippen molar-refractivity contribution in [3.8, 4) is 0 Å². The maximum atomic E-state index is 11.2. The number of anilines is 1. The molecular formula is C12H14BrNO. The van der Waals surface area contributed by atoms with Crippen LogP contribution in [0.2, 0.25) is 0 Å². The van der Waals surface area contributed by atoms with Crippen LogP contribution in [0.15, 0.2) is 35.3 Å². The lowest BCUT2D eigenvalue weighted by atomic mass is 10.1. The van der Waals surface area contributed by atoms with Crippen molar-refractivity contribution in [2.45, 2.75) is 6.92 Å². The van der Waals surface area contributed by atoms with E-state index in [9.17, 15) is 4.79 Å². The van der Waals surface area contributed by atoms with Gasteiger partial charge in [-0.2, -0.15) is 0 Å². The van der Waals surface area contributed by atoms with Crippen molar-refractivity contribution in [1.29, 1.82) is 0 Å². The Kier molecular flexibility index (Phi) is 4.09. The van der Waals surface area contributed by atoms with Crippen molar-refractivity contribution < 1.29 is 4.79 Å². The van der Waals surface area contributed by atoms with E-state index in [1.807, 2.05) is 31.3 Å². The Morgan fingerprint density at radius 2 is 2.27 bits per heavy atom. The molecule has 1 aromatic rings. The molecule has 80 valence electrons. The molecule has 0 aliphatic rings. The van der Waals surface area contributed by atoms with Gasteiger partial charge in [0.25, 0.3) is 0 Å². The predicted octanol–water partition coefficient (Wildman–Crippen LogP) is 3.27. The summed E-state index contributed by atoms with van der Waals surface area (Å²) in [6.07, 6.45) is 1.84. The van der Waals surface area contributed by atoms with E-state index in [4.69, 9.17) is 0 Å². The summed E-state index contributed by atoms with van der Waals surface area (Å²) in [5.74, 6) is 0.0693. The summed E-state index contributed by atoms with van der Waals surface area (Å²) in [6, 6.07) is 5.71. The summed E-state index contributed by atoms with van der Waals surface area (Å²) in [6.45, 7) is 6.03. The van der Waals surface area contributed by atoms with Gasteiger partial charge in [-0.15, -0.1) is 6.58 Å². The number of carbonyl (C=O) groups is 1. The van der Waals surface area contributed by atoms with Crippen molar-refractivity contribution in [1.82, 2.24) is 0 Å². The van der Waals surface area contributed by atoms with Crippen LogP contribution in [0.25, 0.3) is 0 Å². The molecule has 0 unspecified atom stereocenters. The Morgan fingerprint density at radius 1 is 1.60 bits per heavy atom. The molecule has 0 saturated heterocycles. The van der Waals surface area contributed by atoms with Gasteiger partial charge in [-0.3, -0.25) is 4.79 Å². The monoisotopic (exact) mass is 267 g/mol. The highest BCUT2D eigenvalue weighted by Gasteiger charge is 2.07. The number of Topliss-reactive ketones (excluding diaryl/α,β-unsaturated/α-hetero) is 1. The van der Waals surface area contributed by atoms with Crippen LogP contribution in [-0.2, 0) is 0 Å². The van der Waals surface area contributed by atoms with Crippen LogP contribution in [-0.4, -0.2) is 19.4 Å². The zero-order valence-corrected chi connectivity index (χ0v) is 10.5. The van der Waals surface area contributed by atoms with Crippen molar-refractivity contribution in [2.24, 2.45) is 0 Å². The first-order valence-electron chi connectivity index (χ1n) is 4.68. The molecule has 0 fully saturated rings. The van der Waals surface area contributed by atoms with Crippen molar-refractivity contribution in [3.63, 3.8) is 0 Å². The van der Waals surface area contributed by atoms with Gasteiger partial charge in [0.15, 0.2) is 5.78 Å². The summed E-state index contributed by atoms with van der Waals surface area (Å²) in [4.78, 5) is 13.3. The van der Waals surface area contributed by atoms with Crippen LogP contribution in [0, 0.1) is 0 Å². The molecule has 2 nitrogen and oxygen atoms in total. The lowest BCUT2D eigenvalue weighted by Gasteiger charge is -2.17. The minimum absolute atomic E-state index is 0.0693. The number of ketones is 1. The number of benzene rings is 1. The summed E-state index contributed by atoms with van der Waals surface area (Å²) in [7, 11) is 1.98. The molecule has 1 rings (SSSR count). The predicted molar refractivity (Wildman–Crippen MR) is 67.6 cm³/mol. The minimum Gasteiger partial charge on any atom is -0.371 e. The quantitative estimate of drug-likeness (QED) is 0.617. The summed E-state index contributed by atoms with van der Waals surface area (Å²) in [5, 5.41) is 0. The summed E-state index contributed by atoms with van der Waals surface area (Å²) < 4.78 is 0.836. The van der Waals surface area contributed by atoms with Gasteiger partial charge in [0, 0.05) is 29.3 Å². The van der Waals surface area contributed by atoms with Gasteiger partial charge in [-0.25, -0.2) is 0 Å². The summed E-state index contributed by atoms with van der Waals surface area (Å²) in [5.41, 5.74) is 1.78. The smallest absolute Gasteiger partial charge is 0.160 e. The van der Waals surface area contributed by atoms with Gasteiger partial charge < -0.3 is 4.90 Å². The third kappa shape index (κ3) is 2.93. The number of carbonyl (C=O) groups excluding carboxylic acids is 1. The topological polar surface area (TPSA) is 20.3 Å². The molecule has 0 bridgehead atoms. The fourth-order valence-corrected chi connectivity index (χ4v) is 1.97. The van der Waals surface area contributed by atoms with E-state index < -0.39 is 0 Å². The van der Waals surface area contributed by atoms with Crippen LogP contribution in [0.4, 0.5) is 5.69 Å². The third-order valence-electron chi connectivity index (χ3n) is 2.18. The zero-order chi connectivity index (χ0) is 11.4. The first-order chi connectivity index (χ1) is 7.06. The third-order valence-corrected chi connectivity index (χ3v) is 2.83. The Labute approximate surface area is 98.7 Å². The van der Waals surface area contributed by atoms with Gasteiger partial charge in [0.1, 0.15) is 0 Å². The van der Waals surface area contributed by atoms with E-state index in [-0.39, 0.29) is 5.78 Å². The SMILES string of the molecule is C=CCN(C)c1ccc(C(C)=O)c(Br)c1. The van der Waals surface area contributed by atoms with Crippen LogP contribution >= 0.6 is 15.9 Å². The first kappa shape index (κ1) is 12.0. The van der Waals surface area contributed by atoms with Gasteiger partial charge in [-0.05, 0) is 41.1 Å². The second-order valence-electron chi connectivity index (χ2n) is 3.39. The average molecular weight is 268 g/mol. The van der Waals surface area contributed by atoms with E-state index >= 15 is 0 Å².